The number of rotatable bonds is 34. The highest BCUT2D eigenvalue weighted by Gasteiger charge is 2.54. The maximum atomic E-state index is 15.0. The molecule has 0 spiro atoms. The van der Waals surface area contributed by atoms with Crippen LogP contribution in [0.25, 0.3) is 0 Å². The zero-order chi connectivity index (χ0) is 83.0. The summed E-state index contributed by atoms with van der Waals surface area (Å²) in [6, 6.07) is 64.8. The second kappa shape index (κ2) is 39.6. The molecule has 0 amide bonds. The summed E-state index contributed by atoms with van der Waals surface area (Å²) >= 11 is 3.03. The molecular formula is C82H102F8N6O10S6Si2. The number of sulfone groups is 2. The van der Waals surface area contributed by atoms with Crippen LogP contribution < -0.4 is 31.0 Å². The number of piperazine rings is 2. The lowest BCUT2D eigenvalue weighted by Crippen LogP contribution is -2.68. The summed E-state index contributed by atoms with van der Waals surface area (Å²) in [5, 5.41) is 14.0. The lowest BCUT2D eigenvalue weighted by atomic mass is 9.97. The fourth-order valence-corrected chi connectivity index (χ4v) is 29.6. The van der Waals surface area contributed by atoms with Crippen molar-refractivity contribution in [1.82, 2.24) is 19.6 Å². The lowest BCUT2D eigenvalue weighted by molar-refractivity contribution is -0.0442. The smallest absolute Gasteiger partial charge is 0.400 e. The number of sulfonamides is 2. The molecular weight excluding hydrogens is 1630 g/mol. The minimum Gasteiger partial charge on any atom is -0.400 e. The number of primary sulfonamides is 2. The molecule has 620 valence electrons. The van der Waals surface area contributed by atoms with Crippen molar-refractivity contribution in [3.05, 3.63) is 230 Å². The van der Waals surface area contributed by atoms with Gasteiger partial charge in [-0.15, -0.1) is 23.5 Å². The summed E-state index contributed by atoms with van der Waals surface area (Å²) in [5.74, 6) is 0.409. The number of hydrogen-bond acceptors (Lipinski definition) is 16. The van der Waals surface area contributed by atoms with E-state index >= 15 is 0 Å². The van der Waals surface area contributed by atoms with Crippen LogP contribution in [-0.4, -0.2) is 197 Å². The highest BCUT2D eigenvalue weighted by atomic mass is 32.2. The van der Waals surface area contributed by atoms with Gasteiger partial charge in [0.2, 0.25) is 20.0 Å². The minimum atomic E-state index is -5.89. The summed E-state index contributed by atoms with van der Waals surface area (Å²) in [7, 11) is -26.7. The number of thioether (sulfide) groups is 2. The highest BCUT2D eigenvalue weighted by molar-refractivity contribution is 7.99. The zero-order valence-corrected chi connectivity index (χ0v) is 71.6. The van der Waals surface area contributed by atoms with Gasteiger partial charge in [-0.3, -0.25) is 9.80 Å². The summed E-state index contributed by atoms with van der Waals surface area (Å²) in [6.07, 6.45) is -0.325. The van der Waals surface area contributed by atoms with Crippen LogP contribution in [0, 0.1) is 11.8 Å². The molecule has 2 heterocycles. The zero-order valence-electron chi connectivity index (χ0n) is 64.7. The second-order valence-electron chi connectivity index (χ2n) is 30.9. The molecule has 16 nitrogen and oxygen atoms in total. The normalized spacial score (nSPS) is 16.4. The molecule has 114 heavy (non-hydrogen) atoms. The van der Waals surface area contributed by atoms with Gasteiger partial charge in [-0.05, 0) is 141 Å². The van der Waals surface area contributed by atoms with Gasteiger partial charge in [0.1, 0.15) is 13.3 Å². The average Bonchev–Trinajstić information content (AvgIpc) is 0.758. The molecule has 0 unspecified atom stereocenters. The molecule has 8 aromatic rings. The Labute approximate surface area is 678 Å². The van der Waals surface area contributed by atoms with Crippen LogP contribution in [0.3, 0.4) is 0 Å². The number of hydrogen-bond donors (Lipinski definition) is 2. The van der Waals surface area contributed by atoms with Crippen LogP contribution in [0.2, 0.25) is 10.1 Å². The van der Waals surface area contributed by atoms with Crippen LogP contribution in [0.15, 0.2) is 248 Å². The molecule has 2 fully saturated rings. The van der Waals surface area contributed by atoms with Gasteiger partial charge in [0.05, 0.1) is 31.8 Å². The van der Waals surface area contributed by atoms with Crippen LogP contribution in [0.1, 0.15) is 65.5 Å². The molecule has 2 saturated heterocycles. The predicted molar refractivity (Wildman–Crippen MR) is 443 cm³/mol. The Hall–Kier alpha value is -6.19. The topological polar surface area (TPSA) is 220 Å². The van der Waals surface area contributed by atoms with Gasteiger partial charge in [-0.25, -0.2) is 52.7 Å². The van der Waals surface area contributed by atoms with E-state index in [9.17, 15) is 68.8 Å². The first kappa shape index (κ1) is 91.7. The maximum Gasteiger partial charge on any atom is 0.501 e. The van der Waals surface area contributed by atoms with Gasteiger partial charge in [0.15, 0.2) is 0 Å². The van der Waals surface area contributed by atoms with E-state index in [1.807, 2.05) is 133 Å². The van der Waals surface area contributed by atoms with Gasteiger partial charge in [0, 0.05) is 86.7 Å². The Bertz CT molecular complexity index is 4470. The molecule has 0 bridgehead atoms. The fraction of sp³-hybridized carbons (Fsp3) is 0.415. The Morgan fingerprint density at radius 2 is 0.658 bits per heavy atom. The number of halogens is 8. The quantitative estimate of drug-likeness (QED) is 0.0218. The van der Waals surface area contributed by atoms with Gasteiger partial charge in [-0.1, -0.05) is 211 Å². The summed E-state index contributed by atoms with van der Waals surface area (Å²) in [4.78, 5) is 7.19. The first-order valence-electron chi connectivity index (χ1n) is 37.6. The number of nitrogens with zero attached hydrogens (tertiary/aromatic N) is 4. The van der Waals surface area contributed by atoms with Crippen molar-refractivity contribution in [2.75, 3.05) is 103 Å². The maximum absolute atomic E-state index is 15.0. The lowest BCUT2D eigenvalue weighted by Gasteiger charge is -2.46. The molecule has 32 heteroatoms. The van der Waals surface area contributed by atoms with Gasteiger partial charge in [-0.2, -0.15) is 26.3 Å². The van der Waals surface area contributed by atoms with E-state index in [1.165, 1.54) is 23.5 Å². The summed E-state index contributed by atoms with van der Waals surface area (Å²) < 4.78 is 226. The monoisotopic (exact) mass is 1730 g/mol. The molecule has 0 aliphatic carbocycles. The molecule has 0 saturated carbocycles. The molecule has 4 N–H and O–H groups in total. The molecule has 2 aliphatic heterocycles. The average molecular weight is 1730 g/mol. The highest BCUT2D eigenvalue weighted by Crippen LogP contribution is 2.42. The second-order valence-corrected chi connectivity index (χ2v) is 48.5. The third-order valence-corrected chi connectivity index (χ3v) is 38.5. The van der Waals surface area contributed by atoms with E-state index < -0.39 is 113 Å². The van der Waals surface area contributed by atoms with E-state index in [-0.39, 0.29) is 45.9 Å². The molecule has 2 aliphatic rings. The molecule has 8 aromatic carbocycles. The first-order chi connectivity index (χ1) is 53.7. The van der Waals surface area contributed by atoms with Crippen molar-refractivity contribution in [2.45, 2.75) is 130 Å². The number of nitrogens with two attached hydrogens (primary N) is 2. The van der Waals surface area contributed by atoms with Crippen molar-refractivity contribution < 1.29 is 77.6 Å². The Morgan fingerprint density at radius 1 is 0.395 bits per heavy atom. The van der Waals surface area contributed by atoms with E-state index in [4.69, 9.17) is 19.1 Å². The van der Waals surface area contributed by atoms with Gasteiger partial charge < -0.3 is 18.7 Å². The third-order valence-electron chi connectivity index (χ3n) is 20.8. The molecule has 0 aromatic heterocycles. The number of alkyl halides is 8. The Morgan fingerprint density at radius 3 is 0.904 bits per heavy atom. The van der Waals surface area contributed by atoms with Crippen LogP contribution in [0.5, 0.6) is 0 Å². The minimum absolute atomic E-state index is 0.0346. The van der Waals surface area contributed by atoms with Gasteiger partial charge in [0.25, 0.3) is 36.3 Å². The summed E-state index contributed by atoms with van der Waals surface area (Å²) in [5.41, 5.74) is -11.5. The molecule has 10 rings (SSSR count). The Balaban J connectivity index is 0.000000261. The van der Waals surface area contributed by atoms with Crippen molar-refractivity contribution in [3.63, 3.8) is 0 Å². The van der Waals surface area contributed by atoms with E-state index in [2.05, 4.69) is 110 Å². The van der Waals surface area contributed by atoms with Crippen molar-refractivity contribution >= 4 is 101 Å². The van der Waals surface area contributed by atoms with E-state index in [1.54, 1.807) is 0 Å². The largest absolute Gasteiger partial charge is 0.501 e. The molecule has 4 atom stereocenters. The van der Waals surface area contributed by atoms with E-state index in [0.29, 0.717) is 115 Å². The predicted octanol–water partition coefficient (Wildman–Crippen LogP) is 13.0. The number of benzene rings is 8. The summed E-state index contributed by atoms with van der Waals surface area (Å²) in [6.45, 7) is 19.0. The van der Waals surface area contributed by atoms with Crippen LogP contribution in [0.4, 0.5) is 35.1 Å². The third kappa shape index (κ3) is 23.6. The first-order valence-corrected chi connectivity index (χ1v) is 49.4. The Kier molecular flexibility index (Phi) is 31.8. The van der Waals surface area contributed by atoms with E-state index in [0.717, 1.165) is 54.8 Å². The van der Waals surface area contributed by atoms with Crippen molar-refractivity contribution in [2.24, 2.45) is 22.1 Å². The standard InChI is InChI=1S/2C41H51F4N3O5S3Si/c2*1-40(2,3)57(37-15-9-5-10-16-37,38-17-11-6-12-18-38)53-34(29-42)30-48-25-23-47(24-26-48)22-21-32(31-54-35-13-7-4-8-14-35)27-33-19-20-36(56(46,51)52)28-39(33)55(49,50)41(43,44)45/h2*4-20,28,32,34H,21-27,29-31H2,1-3H3,(H2,46,51,52)/t32-,34+;32-,34-/m00/s1. The van der Waals surface area contributed by atoms with Crippen molar-refractivity contribution in [3.8, 4) is 0 Å². The van der Waals surface area contributed by atoms with Crippen molar-refractivity contribution in [1.29, 1.82) is 0 Å². The van der Waals surface area contributed by atoms with Crippen LogP contribution in [-0.2, 0) is 61.4 Å². The SMILES string of the molecule is CC(C)(C)[Si](O[C@@H](CF)CN1CCN(CC[C@H](CSc2ccccc2)Cc2ccc(S(N)(=O)=O)cc2S(=O)(=O)C(F)(F)F)CC1)(c1ccccc1)c1ccccc1.CC(C)(C)[Si](O[C@H](CF)CN1CCN(CC[C@H](CSc2ccccc2)Cc2ccc(S(N)(=O)=O)cc2S(=O)(=O)C(F)(F)F)CC1)(c1ccccc1)c1ccccc1. The molecule has 0 radical (unpaired) electrons. The van der Waals surface area contributed by atoms with Crippen LogP contribution >= 0.6 is 23.5 Å². The fourth-order valence-electron chi connectivity index (χ4n) is 14.9. The van der Waals surface area contributed by atoms with Gasteiger partial charge >= 0.3 is 11.0 Å².